The molecule has 2 amide bonds. The lowest BCUT2D eigenvalue weighted by Crippen LogP contribution is -2.56. The Hall–Kier alpha value is -2.68. The van der Waals surface area contributed by atoms with Gasteiger partial charge in [0.2, 0.25) is 0 Å². The molecule has 0 spiro atoms. The molecule has 1 aliphatic heterocycles. The molecule has 0 bridgehead atoms. The first-order chi connectivity index (χ1) is 13.5. The molecule has 8 heteroatoms. The number of benzene rings is 2. The van der Waals surface area contributed by atoms with Crippen LogP contribution in [0.15, 0.2) is 36.4 Å². The first kappa shape index (κ1) is 21.0. The maximum atomic E-state index is 13.2. The zero-order valence-electron chi connectivity index (χ0n) is 17.2. The van der Waals surface area contributed by atoms with Crippen molar-refractivity contribution in [1.29, 1.82) is 0 Å². The summed E-state index contributed by atoms with van der Waals surface area (Å²) in [5.74, 6) is -0.827. The van der Waals surface area contributed by atoms with Crippen LogP contribution in [-0.4, -0.2) is 39.6 Å². The number of nitrogens with zero attached hydrogens (tertiary/aromatic N) is 1. The van der Waals surface area contributed by atoms with Gasteiger partial charge in [-0.05, 0) is 64.3 Å². The fraction of sp³-hybridized carbons (Fsp3) is 0.333. The Morgan fingerprint density at radius 1 is 1.07 bits per heavy atom. The van der Waals surface area contributed by atoms with Crippen LogP contribution in [-0.2, 0) is 4.65 Å². The fourth-order valence-electron chi connectivity index (χ4n) is 3.34. The predicted molar refractivity (Wildman–Crippen MR) is 109 cm³/mol. The van der Waals surface area contributed by atoms with Gasteiger partial charge in [0.05, 0.1) is 5.54 Å². The first-order valence-electron chi connectivity index (χ1n) is 9.36. The number of carbonyl (C=O) groups is 2. The van der Waals surface area contributed by atoms with Crippen LogP contribution in [0.1, 0.15) is 64.5 Å². The number of fused-ring (bicyclic) bond motifs is 1. The van der Waals surface area contributed by atoms with Gasteiger partial charge in [-0.15, -0.1) is 0 Å². The van der Waals surface area contributed by atoms with E-state index in [2.05, 4.69) is 5.43 Å². The van der Waals surface area contributed by atoms with Gasteiger partial charge in [-0.3, -0.25) is 15.0 Å². The summed E-state index contributed by atoms with van der Waals surface area (Å²) in [6, 6.07) is 10.0. The lowest BCUT2D eigenvalue weighted by molar-refractivity contribution is -0.0219. The van der Waals surface area contributed by atoms with E-state index in [1.165, 1.54) is 23.2 Å². The number of hydrazine groups is 1. The second-order valence-corrected chi connectivity index (χ2v) is 8.31. The molecule has 0 fully saturated rings. The largest absolute Gasteiger partial charge is 0.493 e. The number of nitrogens with one attached hydrogen (secondary N) is 1. The summed E-state index contributed by atoms with van der Waals surface area (Å²) >= 11 is 0. The van der Waals surface area contributed by atoms with E-state index in [9.17, 15) is 19.7 Å². The zero-order valence-corrected chi connectivity index (χ0v) is 17.2. The molecule has 0 saturated heterocycles. The van der Waals surface area contributed by atoms with Gasteiger partial charge in [0.1, 0.15) is 0 Å². The third-order valence-electron chi connectivity index (χ3n) is 4.69. The van der Waals surface area contributed by atoms with Gasteiger partial charge >= 0.3 is 7.12 Å². The molecule has 0 radical (unpaired) electrons. The average Bonchev–Trinajstić information content (AvgIpc) is 2.90. The first-order valence-corrected chi connectivity index (χ1v) is 9.36. The van der Waals surface area contributed by atoms with Crippen molar-refractivity contribution >= 4 is 24.4 Å². The van der Waals surface area contributed by atoms with Crippen LogP contribution in [0.3, 0.4) is 0 Å². The highest BCUT2D eigenvalue weighted by Crippen LogP contribution is 2.22. The summed E-state index contributed by atoms with van der Waals surface area (Å²) in [6.07, 6.45) is -1.30. The molecule has 2 aromatic carbocycles. The van der Waals surface area contributed by atoms with Crippen LogP contribution in [0.4, 0.5) is 0 Å². The SMILES string of the molecule is Cc1cc(C)cc(C(=O)N(NC(=O)c2ccc3c(c2)C(O)OB3O)C(C)(C)C)c1. The molecule has 0 aliphatic carbocycles. The Morgan fingerprint density at radius 2 is 1.69 bits per heavy atom. The third-order valence-corrected chi connectivity index (χ3v) is 4.69. The average molecular weight is 396 g/mol. The van der Waals surface area contributed by atoms with Crippen molar-refractivity contribution in [3.05, 3.63) is 64.2 Å². The summed E-state index contributed by atoms with van der Waals surface area (Å²) in [4.78, 5) is 26.0. The Balaban J connectivity index is 1.89. The quantitative estimate of drug-likeness (QED) is 0.529. The minimum absolute atomic E-state index is 0.239. The zero-order chi connectivity index (χ0) is 21.5. The molecular weight excluding hydrogens is 371 g/mol. The van der Waals surface area contributed by atoms with Crippen molar-refractivity contribution in [2.45, 2.75) is 46.4 Å². The highest BCUT2D eigenvalue weighted by Gasteiger charge is 2.35. The van der Waals surface area contributed by atoms with E-state index in [1.807, 2.05) is 40.7 Å². The molecule has 1 unspecified atom stereocenters. The van der Waals surface area contributed by atoms with Crippen LogP contribution in [0.25, 0.3) is 0 Å². The number of amides is 2. The normalized spacial score (nSPS) is 15.8. The number of aliphatic hydroxyl groups excluding tert-OH is 1. The second-order valence-electron chi connectivity index (χ2n) is 8.31. The van der Waals surface area contributed by atoms with Crippen LogP contribution in [0, 0.1) is 13.8 Å². The van der Waals surface area contributed by atoms with E-state index >= 15 is 0 Å². The number of hydrogen-bond donors (Lipinski definition) is 3. The van der Waals surface area contributed by atoms with Crippen LogP contribution in [0.2, 0.25) is 0 Å². The van der Waals surface area contributed by atoms with E-state index in [4.69, 9.17) is 4.65 Å². The van der Waals surface area contributed by atoms with Crippen molar-refractivity contribution in [3.63, 3.8) is 0 Å². The highest BCUT2D eigenvalue weighted by atomic mass is 16.6. The monoisotopic (exact) mass is 396 g/mol. The molecule has 29 heavy (non-hydrogen) atoms. The van der Waals surface area contributed by atoms with Crippen molar-refractivity contribution in [2.24, 2.45) is 0 Å². The Labute approximate surface area is 170 Å². The lowest BCUT2D eigenvalue weighted by atomic mass is 9.79. The molecular formula is C21H25BN2O5. The molecule has 1 aliphatic rings. The van der Waals surface area contributed by atoms with E-state index in [0.717, 1.165) is 11.1 Å². The number of aryl methyl sites for hydroxylation is 2. The van der Waals surface area contributed by atoms with Crippen LogP contribution < -0.4 is 10.9 Å². The summed E-state index contributed by atoms with van der Waals surface area (Å²) < 4.78 is 4.93. The van der Waals surface area contributed by atoms with Gasteiger partial charge in [0, 0.05) is 16.7 Å². The van der Waals surface area contributed by atoms with Gasteiger partial charge in [-0.1, -0.05) is 23.3 Å². The second kappa shape index (κ2) is 7.63. The fourth-order valence-corrected chi connectivity index (χ4v) is 3.34. The summed E-state index contributed by atoms with van der Waals surface area (Å²) in [7, 11) is -1.23. The minimum Gasteiger partial charge on any atom is -0.423 e. The molecule has 0 aromatic heterocycles. The van der Waals surface area contributed by atoms with Gasteiger partial charge < -0.3 is 14.8 Å². The standard InChI is InChI=1S/C21H25BN2O5/c1-12-8-13(2)10-15(9-12)19(26)24(21(3,4)5)23-18(25)14-6-7-17-16(11-14)20(27)29-22(17)28/h6-11,20,27-28H,1-5H3,(H,23,25). The number of aliphatic hydroxyl groups is 1. The number of carbonyl (C=O) groups excluding carboxylic acids is 2. The minimum atomic E-state index is -1.30. The van der Waals surface area contributed by atoms with Gasteiger partial charge in [-0.2, -0.15) is 0 Å². The molecule has 2 aromatic rings. The molecule has 7 nitrogen and oxygen atoms in total. The number of rotatable bonds is 2. The maximum absolute atomic E-state index is 13.2. The van der Waals surface area contributed by atoms with E-state index in [0.29, 0.717) is 16.6 Å². The van der Waals surface area contributed by atoms with Crippen molar-refractivity contribution < 1.29 is 24.4 Å². The van der Waals surface area contributed by atoms with Gasteiger partial charge in [0.15, 0.2) is 6.29 Å². The molecule has 1 atom stereocenters. The smallest absolute Gasteiger partial charge is 0.423 e. The molecule has 1 heterocycles. The van der Waals surface area contributed by atoms with Crippen molar-refractivity contribution in [2.75, 3.05) is 0 Å². The number of hydrogen-bond acceptors (Lipinski definition) is 5. The Kier molecular flexibility index (Phi) is 5.53. The van der Waals surface area contributed by atoms with Crippen LogP contribution >= 0.6 is 0 Å². The van der Waals surface area contributed by atoms with E-state index in [1.54, 1.807) is 12.1 Å². The third kappa shape index (κ3) is 4.34. The summed E-state index contributed by atoms with van der Waals surface area (Å²) in [5.41, 5.74) is 5.38. The summed E-state index contributed by atoms with van der Waals surface area (Å²) in [5, 5.41) is 20.9. The van der Waals surface area contributed by atoms with Crippen molar-refractivity contribution in [1.82, 2.24) is 10.4 Å². The molecule has 152 valence electrons. The van der Waals surface area contributed by atoms with Gasteiger partial charge in [0.25, 0.3) is 11.8 Å². The Bertz CT molecular complexity index is 950. The van der Waals surface area contributed by atoms with Gasteiger partial charge in [-0.25, -0.2) is 5.01 Å². The maximum Gasteiger partial charge on any atom is 0.493 e. The predicted octanol–water partition coefficient (Wildman–Crippen LogP) is 1.60. The Morgan fingerprint density at radius 3 is 2.28 bits per heavy atom. The molecule has 3 rings (SSSR count). The van der Waals surface area contributed by atoms with Crippen molar-refractivity contribution in [3.8, 4) is 0 Å². The van der Waals surface area contributed by atoms with Crippen LogP contribution in [0.5, 0.6) is 0 Å². The highest BCUT2D eigenvalue weighted by molar-refractivity contribution is 6.61. The van der Waals surface area contributed by atoms with E-state index < -0.39 is 24.9 Å². The molecule has 0 saturated carbocycles. The van der Waals surface area contributed by atoms with E-state index in [-0.39, 0.29) is 11.5 Å². The molecule has 3 N–H and O–H groups in total. The lowest BCUT2D eigenvalue weighted by Gasteiger charge is -2.35. The summed E-state index contributed by atoms with van der Waals surface area (Å²) in [6.45, 7) is 9.30. The topological polar surface area (TPSA) is 99.1 Å².